The normalized spacial score (nSPS) is 12.3. The van der Waals surface area contributed by atoms with Crippen molar-refractivity contribution in [3.05, 3.63) is 92.0 Å². The van der Waals surface area contributed by atoms with Crippen molar-refractivity contribution < 1.29 is 0 Å². The SMILES string of the molecule is Cn1c(=O)/c(=C\c2cn(-c3ccccc3)nc2-c2ccccc2)s/c1=C\C#N. The minimum absolute atomic E-state index is 0.127. The zero-order valence-electron chi connectivity index (χ0n) is 15.1. The monoisotopic (exact) mass is 384 g/mol. The van der Waals surface area contributed by atoms with Crippen LogP contribution in [0.15, 0.2) is 71.7 Å². The lowest BCUT2D eigenvalue weighted by Gasteiger charge is -2.00. The molecule has 0 saturated heterocycles. The number of thiazole rings is 1. The highest BCUT2D eigenvalue weighted by Crippen LogP contribution is 2.24. The number of nitriles is 1. The quantitative estimate of drug-likeness (QED) is 0.545. The lowest BCUT2D eigenvalue weighted by Crippen LogP contribution is -2.28. The molecule has 2 aromatic heterocycles. The zero-order valence-corrected chi connectivity index (χ0v) is 15.9. The lowest BCUT2D eigenvalue weighted by atomic mass is 10.1. The second-order valence-electron chi connectivity index (χ2n) is 6.17. The van der Waals surface area contributed by atoms with Crippen LogP contribution in [0.1, 0.15) is 5.56 Å². The Morgan fingerprint density at radius 2 is 1.75 bits per heavy atom. The lowest BCUT2D eigenvalue weighted by molar-refractivity contribution is 0.857. The fourth-order valence-corrected chi connectivity index (χ4v) is 3.90. The van der Waals surface area contributed by atoms with Crippen LogP contribution in [0.4, 0.5) is 0 Å². The van der Waals surface area contributed by atoms with Gasteiger partial charge in [0.25, 0.3) is 5.56 Å². The molecule has 6 heteroatoms. The van der Waals surface area contributed by atoms with E-state index < -0.39 is 0 Å². The summed E-state index contributed by atoms with van der Waals surface area (Å²) in [7, 11) is 1.67. The van der Waals surface area contributed by atoms with Gasteiger partial charge in [0.05, 0.1) is 22.0 Å². The number of hydrogen-bond donors (Lipinski definition) is 0. The van der Waals surface area contributed by atoms with E-state index in [2.05, 4.69) is 0 Å². The Hall–Kier alpha value is -3.69. The third-order valence-corrected chi connectivity index (χ3v) is 5.46. The molecule has 0 spiro atoms. The fraction of sp³-hybridized carbons (Fsp3) is 0.0455. The van der Waals surface area contributed by atoms with E-state index in [0.29, 0.717) is 9.20 Å². The van der Waals surface area contributed by atoms with Gasteiger partial charge < -0.3 is 4.57 Å². The smallest absolute Gasteiger partial charge is 0.268 e. The molecule has 5 nitrogen and oxygen atoms in total. The summed E-state index contributed by atoms with van der Waals surface area (Å²) >= 11 is 1.29. The van der Waals surface area contributed by atoms with E-state index in [0.717, 1.165) is 22.5 Å². The Morgan fingerprint density at radius 3 is 2.43 bits per heavy atom. The number of nitrogens with zero attached hydrogens (tertiary/aromatic N) is 4. The van der Waals surface area contributed by atoms with Crippen LogP contribution in [0.25, 0.3) is 29.1 Å². The molecule has 0 radical (unpaired) electrons. The van der Waals surface area contributed by atoms with Gasteiger partial charge in [-0.2, -0.15) is 10.4 Å². The minimum Gasteiger partial charge on any atom is -0.301 e. The summed E-state index contributed by atoms with van der Waals surface area (Å²) < 4.78 is 4.49. The number of hydrogen-bond acceptors (Lipinski definition) is 4. The highest BCUT2D eigenvalue weighted by Gasteiger charge is 2.11. The van der Waals surface area contributed by atoms with E-state index in [4.69, 9.17) is 10.4 Å². The highest BCUT2D eigenvalue weighted by molar-refractivity contribution is 7.07. The zero-order chi connectivity index (χ0) is 19.5. The Bertz CT molecular complexity index is 1340. The maximum absolute atomic E-state index is 12.6. The second-order valence-corrected chi connectivity index (χ2v) is 7.23. The van der Waals surface area contributed by atoms with Gasteiger partial charge in [-0.3, -0.25) is 4.79 Å². The minimum atomic E-state index is -0.127. The average molecular weight is 384 g/mol. The molecule has 0 aliphatic rings. The molecule has 0 aliphatic carbocycles. The number of rotatable bonds is 3. The first-order valence-electron chi connectivity index (χ1n) is 8.65. The molecule has 4 aromatic rings. The molecule has 2 aromatic carbocycles. The molecular weight excluding hydrogens is 368 g/mol. The van der Waals surface area contributed by atoms with E-state index in [9.17, 15) is 4.79 Å². The number of aromatic nitrogens is 3. The first-order chi connectivity index (χ1) is 13.7. The van der Waals surface area contributed by atoms with E-state index in [1.54, 1.807) is 7.05 Å². The summed E-state index contributed by atoms with van der Waals surface area (Å²) in [6, 6.07) is 21.7. The second kappa shape index (κ2) is 7.51. The van der Waals surface area contributed by atoms with Gasteiger partial charge in [-0.25, -0.2) is 4.68 Å². The molecule has 2 heterocycles. The van der Waals surface area contributed by atoms with Crippen LogP contribution >= 0.6 is 11.3 Å². The van der Waals surface area contributed by atoms with Crippen LogP contribution in [-0.2, 0) is 7.05 Å². The van der Waals surface area contributed by atoms with E-state index in [1.165, 1.54) is 22.0 Å². The van der Waals surface area contributed by atoms with Gasteiger partial charge in [-0.05, 0) is 18.2 Å². The molecule has 0 bridgehead atoms. The molecule has 28 heavy (non-hydrogen) atoms. The van der Waals surface area contributed by atoms with Crippen LogP contribution in [0.2, 0.25) is 0 Å². The molecule has 0 unspecified atom stereocenters. The van der Waals surface area contributed by atoms with Crippen molar-refractivity contribution in [2.75, 3.05) is 0 Å². The summed E-state index contributed by atoms with van der Waals surface area (Å²) in [5.41, 5.74) is 3.43. The Labute approximate surface area is 165 Å². The summed E-state index contributed by atoms with van der Waals surface area (Å²) in [5.74, 6) is 0. The Morgan fingerprint density at radius 1 is 1.07 bits per heavy atom. The Kier molecular flexibility index (Phi) is 4.75. The van der Waals surface area contributed by atoms with Gasteiger partial charge in [-0.15, -0.1) is 11.3 Å². The van der Waals surface area contributed by atoms with Gasteiger partial charge in [0.15, 0.2) is 0 Å². The number of para-hydroxylation sites is 1. The maximum atomic E-state index is 12.6. The van der Waals surface area contributed by atoms with E-state index >= 15 is 0 Å². The van der Waals surface area contributed by atoms with Crippen molar-refractivity contribution in [1.82, 2.24) is 14.3 Å². The predicted octanol–water partition coefficient (Wildman–Crippen LogP) is 2.43. The maximum Gasteiger partial charge on any atom is 0.268 e. The Balaban J connectivity index is 1.96. The third-order valence-electron chi connectivity index (χ3n) is 4.35. The van der Waals surface area contributed by atoms with Crippen LogP contribution in [0.3, 0.4) is 0 Å². The largest absolute Gasteiger partial charge is 0.301 e. The summed E-state index contributed by atoms with van der Waals surface area (Å²) in [6.07, 6.45) is 5.15. The molecular formula is C22H16N4OS. The average Bonchev–Trinajstić information content (AvgIpc) is 3.27. The topological polar surface area (TPSA) is 63.6 Å². The molecule has 0 atom stereocenters. The molecule has 136 valence electrons. The van der Waals surface area contributed by atoms with Crippen molar-refractivity contribution >= 4 is 23.5 Å². The first kappa shape index (κ1) is 17.7. The van der Waals surface area contributed by atoms with Crippen molar-refractivity contribution in [2.24, 2.45) is 7.05 Å². The molecule has 0 amide bonds. The number of benzene rings is 2. The van der Waals surface area contributed by atoms with Crippen molar-refractivity contribution in [1.29, 1.82) is 5.26 Å². The summed E-state index contributed by atoms with van der Waals surface area (Å²) in [6.45, 7) is 0. The molecule has 0 aliphatic heterocycles. The molecule has 0 saturated carbocycles. The van der Waals surface area contributed by atoms with Gasteiger partial charge in [0, 0.05) is 30.4 Å². The van der Waals surface area contributed by atoms with Crippen LogP contribution in [0, 0.1) is 11.3 Å². The van der Waals surface area contributed by atoms with Crippen molar-refractivity contribution in [3.8, 4) is 23.0 Å². The third kappa shape index (κ3) is 3.31. The molecule has 4 rings (SSSR count). The van der Waals surface area contributed by atoms with Crippen LogP contribution < -0.4 is 14.8 Å². The molecule has 0 N–H and O–H groups in total. The predicted molar refractivity (Wildman–Crippen MR) is 111 cm³/mol. The van der Waals surface area contributed by atoms with Crippen molar-refractivity contribution in [3.63, 3.8) is 0 Å². The summed E-state index contributed by atoms with van der Waals surface area (Å²) in [4.78, 5) is 12.6. The van der Waals surface area contributed by atoms with Gasteiger partial charge in [0.1, 0.15) is 4.66 Å². The van der Waals surface area contributed by atoms with Crippen molar-refractivity contribution in [2.45, 2.75) is 0 Å². The van der Waals surface area contributed by atoms with Crippen LogP contribution in [-0.4, -0.2) is 14.3 Å². The van der Waals surface area contributed by atoms with Crippen LogP contribution in [0.5, 0.6) is 0 Å². The van der Waals surface area contributed by atoms with E-state index in [1.807, 2.05) is 83.7 Å². The first-order valence-corrected chi connectivity index (χ1v) is 9.47. The van der Waals surface area contributed by atoms with Gasteiger partial charge in [0.2, 0.25) is 0 Å². The fourth-order valence-electron chi connectivity index (χ4n) is 2.93. The van der Waals surface area contributed by atoms with Gasteiger partial charge in [-0.1, -0.05) is 48.5 Å². The van der Waals surface area contributed by atoms with E-state index in [-0.39, 0.29) is 5.56 Å². The summed E-state index contributed by atoms with van der Waals surface area (Å²) in [5, 5.41) is 13.7. The molecule has 0 fully saturated rings. The van der Waals surface area contributed by atoms with Gasteiger partial charge >= 0.3 is 0 Å². The standard InChI is InChI=1S/C22H16N4OS/c1-25-20(12-13-23)28-19(22(25)27)14-17-15-26(18-10-6-3-7-11-18)24-21(17)16-8-4-2-5-9-16/h2-12,14-15H,1H3/b19-14+,20-12-. The highest BCUT2D eigenvalue weighted by atomic mass is 32.1.